The topological polar surface area (TPSA) is 78.9 Å². The van der Waals surface area contributed by atoms with E-state index in [1.54, 1.807) is 6.92 Å². The van der Waals surface area contributed by atoms with Crippen LogP contribution >= 0.6 is 18.2 Å². The normalized spacial score (nSPS) is 13.9. The van der Waals surface area contributed by atoms with Gasteiger partial charge in [-0.05, 0) is 60.6 Å². The molecule has 0 aromatic heterocycles. The molecule has 2 rings (SSSR count). The molecule has 0 spiro atoms. The summed E-state index contributed by atoms with van der Waals surface area (Å²) in [4.78, 5) is -0.187. The Morgan fingerprint density at radius 1 is 1.11 bits per heavy atom. The Bertz CT molecular complexity index is 931. The second kappa shape index (κ2) is 9.78. The van der Waals surface area contributed by atoms with E-state index >= 15 is 0 Å². The first-order valence-electron chi connectivity index (χ1n) is 8.52. The first-order valence-corrected chi connectivity index (χ1v) is 13.1. The quantitative estimate of drug-likeness (QED) is 0.350. The second-order valence-electron chi connectivity index (χ2n) is 6.11. The van der Waals surface area contributed by atoms with Crippen molar-refractivity contribution in [3.8, 4) is 11.5 Å². The largest absolute Gasteiger partial charge is 0.440 e. The van der Waals surface area contributed by atoms with Crippen LogP contribution in [0.3, 0.4) is 0 Å². The Morgan fingerprint density at radius 3 is 2.36 bits per heavy atom. The molecule has 0 amide bonds. The molecule has 1 unspecified atom stereocenters. The molecule has 0 aliphatic carbocycles. The van der Waals surface area contributed by atoms with Crippen molar-refractivity contribution >= 4 is 28.3 Å². The lowest BCUT2D eigenvalue weighted by Crippen LogP contribution is -2.09. The highest BCUT2D eigenvalue weighted by Gasteiger charge is 2.28. The highest BCUT2D eigenvalue weighted by molar-refractivity contribution is 8.55. The molecule has 28 heavy (non-hydrogen) atoms. The van der Waals surface area contributed by atoms with Crippen molar-refractivity contribution in [3.63, 3.8) is 0 Å². The smallest absolute Gasteiger partial charge is 0.417 e. The standard InChI is InChI=1S/C18H22FO6PS2/c1-4-23-26(20,27-13-14(2)3)24-16-6-5-7-17(12-16)25-28(21,22)18-10-8-15(19)9-11-18/h5-12,14H,4,13H2,1-3H3. The van der Waals surface area contributed by atoms with Gasteiger partial charge in [-0.1, -0.05) is 19.9 Å². The summed E-state index contributed by atoms with van der Waals surface area (Å²) in [5.41, 5.74) is 0. The van der Waals surface area contributed by atoms with Crippen LogP contribution in [0.15, 0.2) is 53.4 Å². The van der Waals surface area contributed by atoms with Gasteiger partial charge in [0.25, 0.3) is 0 Å². The van der Waals surface area contributed by atoms with Gasteiger partial charge >= 0.3 is 16.9 Å². The van der Waals surface area contributed by atoms with Crippen LogP contribution in [-0.2, 0) is 19.2 Å². The van der Waals surface area contributed by atoms with E-state index in [1.165, 1.54) is 24.3 Å². The summed E-state index contributed by atoms with van der Waals surface area (Å²) < 4.78 is 66.4. The Hall–Kier alpha value is -1.54. The summed E-state index contributed by atoms with van der Waals surface area (Å²) in [6.45, 7) is 2.42. The third-order valence-electron chi connectivity index (χ3n) is 3.18. The average molecular weight is 448 g/mol. The van der Waals surface area contributed by atoms with Gasteiger partial charge in [-0.3, -0.25) is 4.52 Å². The Kier molecular flexibility index (Phi) is 7.95. The predicted octanol–water partition coefficient (Wildman–Crippen LogP) is 5.51. The lowest BCUT2D eigenvalue weighted by molar-refractivity contribution is 0.296. The van der Waals surface area contributed by atoms with E-state index < -0.39 is 22.7 Å². The van der Waals surface area contributed by atoms with Crippen molar-refractivity contribution in [2.75, 3.05) is 12.4 Å². The van der Waals surface area contributed by atoms with Crippen LogP contribution in [0.2, 0.25) is 0 Å². The zero-order valence-electron chi connectivity index (χ0n) is 15.7. The number of rotatable bonds is 10. The molecule has 6 nitrogen and oxygen atoms in total. The van der Waals surface area contributed by atoms with Crippen molar-refractivity contribution in [2.24, 2.45) is 5.92 Å². The molecule has 2 aromatic rings. The summed E-state index contributed by atoms with van der Waals surface area (Å²) in [5, 5.41) is 0. The summed E-state index contributed by atoms with van der Waals surface area (Å²) in [6.07, 6.45) is 0. The van der Waals surface area contributed by atoms with Crippen molar-refractivity contribution < 1.29 is 30.6 Å². The fourth-order valence-electron chi connectivity index (χ4n) is 1.98. The molecular weight excluding hydrogens is 426 g/mol. The summed E-state index contributed by atoms with van der Waals surface area (Å²) >= 11 is 1.09. The number of hydrogen-bond acceptors (Lipinski definition) is 7. The van der Waals surface area contributed by atoms with E-state index in [2.05, 4.69) is 0 Å². The summed E-state index contributed by atoms with van der Waals surface area (Å²) in [5.74, 6) is 0.434. The average Bonchev–Trinajstić information content (AvgIpc) is 2.60. The van der Waals surface area contributed by atoms with Gasteiger partial charge in [0, 0.05) is 11.8 Å². The predicted molar refractivity (Wildman–Crippen MR) is 108 cm³/mol. The maximum Gasteiger partial charge on any atom is 0.440 e. The third kappa shape index (κ3) is 6.81. The van der Waals surface area contributed by atoms with Crippen LogP contribution in [0.1, 0.15) is 20.8 Å². The zero-order valence-corrected chi connectivity index (χ0v) is 18.2. The first kappa shape index (κ1) is 22.7. The minimum Gasteiger partial charge on any atom is -0.417 e. The maximum atomic E-state index is 13.0. The molecule has 0 radical (unpaired) electrons. The molecule has 1 atom stereocenters. The van der Waals surface area contributed by atoms with Crippen LogP contribution in [0.25, 0.3) is 0 Å². The molecule has 10 heteroatoms. The van der Waals surface area contributed by atoms with Crippen LogP contribution in [-0.4, -0.2) is 20.8 Å². The summed E-state index contributed by atoms with van der Waals surface area (Å²) in [7, 11) is -4.15. The van der Waals surface area contributed by atoms with Gasteiger partial charge in [0.1, 0.15) is 22.2 Å². The number of benzene rings is 2. The molecule has 0 heterocycles. The highest BCUT2D eigenvalue weighted by atomic mass is 32.7. The van der Waals surface area contributed by atoms with E-state index in [4.69, 9.17) is 13.2 Å². The second-order valence-corrected chi connectivity index (χ2v) is 11.7. The van der Waals surface area contributed by atoms with Crippen molar-refractivity contribution in [3.05, 3.63) is 54.3 Å². The molecule has 0 saturated carbocycles. The van der Waals surface area contributed by atoms with E-state index in [0.29, 0.717) is 5.75 Å². The molecule has 0 aliphatic heterocycles. The van der Waals surface area contributed by atoms with Crippen LogP contribution in [0.5, 0.6) is 11.5 Å². The molecule has 0 saturated heterocycles. The van der Waals surface area contributed by atoms with Crippen LogP contribution in [0.4, 0.5) is 4.39 Å². The number of halogens is 1. The van der Waals surface area contributed by atoms with Gasteiger partial charge in [0.05, 0.1) is 6.61 Å². The zero-order chi connectivity index (χ0) is 20.8. The molecule has 0 fully saturated rings. The molecule has 0 N–H and O–H groups in total. The summed E-state index contributed by atoms with van der Waals surface area (Å²) in [6, 6.07) is 10.0. The highest BCUT2D eigenvalue weighted by Crippen LogP contribution is 2.60. The monoisotopic (exact) mass is 448 g/mol. The Labute approximate surface area is 168 Å². The molecule has 2 aromatic carbocycles. The maximum absolute atomic E-state index is 13.0. The van der Waals surface area contributed by atoms with Gasteiger partial charge < -0.3 is 8.71 Å². The fraction of sp³-hybridized carbons (Fsp3) is 0.333. The van der Waals surface area contributed by atoms with Gasteiger partial charge in [0.2, 0.25) is 0 Å². The van der Waals surface area contributed by atoms with Gasteiger partial charge in [-0.2, -0.15) is 8.42 Å². The van der Waals surface area contributed by atoms with Gasteiger partial charge in [-0.15, -0.1) is 0 Å². The molecule has 0 bridgehead atoms. The SMILES string of the molecule is CCOP(=O)(Oc1cccc(OS(=O)(=O)c2ccc(F)cc2)c1)SCC(C)C. The lowest BCUT2D eigenvalue weighted by atomic mass is 10.3. The Balaban J connectivity index is 2.18. The van der Waals surface area contributed by atoms with Crippen molar-refractivity contribution in [1.29, 1.82) is 0 Å². The van der Waals surface area contributed by atoms with Gasteiger partial charge in [0.15, 0.2) is 0 Å². The Morgan fingerprint density at radius 2 is 1.75 bits per heavy atom. The minimum atomic E-state index is -4.15. The molecule has 154 valence electrons. The number of hydrogen-bond donors (Lipinski definition) is 0. The third-order valence-corrected chi connectivity index (χ3v) is 8.52. The van der Waals surface area contributed by atoms with Crippen molar-refractivity contribution in [2.45, 2.75) is 25.7 Å². The van der Waals surface area contributed by atoms with E-state index in [1.807, 2.05) is 13.8 Å². The lowest BCUT2D eigenvalue weighted by Gasteiger charge is -2.19. The van der Waals surface area contributed by atoms with E-state index in [0.717, 1.165) is 35.6 Å². The van der Waals surface area contributed by atoms with Crippen LogP contribution < -0.4 is 8.71 Å². The van der Waals surface area contributed by atoms with E-state index in [9.17, 15) is 17.4 Å². The first-order chi connectivity index (χ1) is 13.1. The molecule has 0 aliphatic rings. The van der Waals surface area contributed by atoms with E-state index in [-0.39, 0.29) is 28.9 Å². The minimum absolute atomic E-state index is 0.0290. The van der Waals surface area contributed by atoms with Gasteiger partial charge in [-0.25, -0.2) is 8.96 Å². The fourth-order valence-corrected chi connectivity index (χ4v) is 6.65. The van der Waals surface area contributed by atoms with Crippen LogP contribution in [0, 0.1) is 11.7 Å². The van der Waals surface area contributed by atoms with Crippen molar-refractivity contribution in [1.82, 2.24) is 0 Å². The molecular formula is C18H22FO6PS2.